The van der Waals surface area contributed by atoms with Crippen LogP contribution >= 0.6 is 11.3 Å². The third-order valence-electron chi connectivity index (χ3n) is 6.87. The molecule has 1 aliphatic carbocycles. The van der Waals surface area contributed by atoms with Crippen molar-refractivity contribution in [2.75, 3.05) is 25.0 Å². The summed E-state index contributed by atoms with van der Waals surface area (Å²) in [5.41, 5.74) is 3.98. The van der Waals surface area contributed by atoms with Gasteiger partial charge in [-0.25, -0.2) is 14.8 Å². The molecule has 35 heavy (non-hydrogen) atoms. The maximum atomic E-state index is 12.6. The van der Waals surface area contributed by atoms with Crippen molar-refractivity contribution in [3.05, 3.63) is 53.3 Å². The third kappa shape index (κ3) is 4.67. The van der Waals surface area contributed by atoms with Gasteiger partial charge in [0.05, 0.1) is 20.7 Å². The number of thiazole rings is 1. The van der Waals surface area contributed by atoms with Crippen LogP contribution in [0.3, 0.4) is 0 Å². The van der Waals surface area contributed by atoms with Crippen molar-refractivity contribution in [3.63, 3.8) is 0 Å². The number of carbonyl (C=O) groups is 1. The number of hydrogen-bond acceptors (Lipinski definition) is 6. The maximum absolute atomic E-state index is 12.6. The number of likely N-dealkylation sites (tertiary alicyclic amines) is 1. The zero-order valence-corrected chi connectivity index (χ0v) is 20.8. The van der Waals surface area contributed by atoms with Crippen LogP contribution < -0.4 is 10.6 Å². The number of benzene rings is 1. The van der Waals surface area contributed by atoms with Gasteiger partial charge in [-0.1, -0.05) is 6.92 Å². The number of hydrogen-bond donors (Lipinski definition) is 2. The zero-order valence-electron chi connectivity index (χ0n) is 20.0. The largest absolute Gasteiger partial charge is 0.340 e. The number of nitrogens with one attached hydrogen (secondary N) is 2. The van der Waals surface area contributed by atoms with E-state index in [0.717, 1.165) is 59.4 Å². The van der Waals surface area contributed by atoms with Gasteiger partial charge in [0.1, 0.15) is 5.82 Å². The van der Waals surface area contributed by atoms with Crippen LogP contribution in [0.5, 0.6) is 0 Å². The van der Waals surface area contributed by atoms with Crippen LogP contribution in [-0.4, -0.2) is 45.5 Å². The molecule has 8 heteroatoms. The molecule has 0 spiro atoms. The van der Waals surface area contributed by atoms with Crippen LogP contribution in [0.2, 0.25) is 0 Å². The van der Waals surface area contributed by atoms with Crippen molar-refractivity contribution >= 4 is 50.0 Å². The Hall–Kier alpha value is -3.26. The smallest absolute Gasteiger partial charge is 0.317 e. The Morgan fingerprint density at radius 1 is 1.11 bits per heavy atom. The molecule has 2 N–H and O–H groups in total. The van der Waals surface area contributed by atoms with Crippen LogP contribution in [0.4, 0.5) is 16.3 Å². The number of nitrogens with zero attached hydrogens (tertiary/aromatic N) is 4. The van der Waals surface area contributed by atoms with Crippen LogP contribution in [0.25, 0.3) is 21.1 Å². The van der Waals surface area contributed by atoms with E-state index in [1.54, 1.807) is 11.3 Å². The Morgan fingerprint density at radius 2 is 2.03 bits per heavy atom. The van der Waals surface area contributed by atoms with Crippen molar-refractivity contribution in [2.24, 2.45) is 0 Å². The van der Waals surface area contributed by atoms with Gasteiger partial charge >= 0.3 is 6.03 Å². The molecule has 0 radical (unpaired) electrons. The third-order valence-corrected chi connectivity index (χ3v) is 8.05. The summed E-state index contributed by atoms with van der Waals surface area (Å²) in [7, 11) is 0. The quantitative estimate of drug-likeness (QED) is 0.341. The molecule has 4 aromatic rings. The number of carbonyl (C=O) groups excluding carboxylic acids is 1. The standard InChI is InChI=1S/C27H30N6OS/c1-2-11-29-27(34)33-13-4-5-18(16-33)22-15-23-20(6-3-12-28-23)25(31-22)30-19-9-10-21-24(14-19)35-26(32-21)17-7-8-17/h3,6,9-10,12,14-15,17-18H,2,4-5,7-8,11,13,16H2,1H3,(H,29,34)(H,30,31). The lowest BCUT2D eigenvalue weighted by atomic mass is 9.94. The molecule has 1 aromatic carbocycles. The molecule has 1 saturated carbocycles. The Morgan fingerprint density at radius 3 is 2.89 bits per heavy atom. The molecular formula is C27H30N6OS. The number of anilines is 2. The first-order valence-corrected chi connectivity index (χ1v) is 13.5. The Kier molecular flexibility index (Phi) is 5.98. The highest BCUT2D eigenvalue weighted by molar-refractivity contribution is 7.18. The van der Waals surface area contributed by atoms with E-state index in [2.05, 4.69) is 52.9 Å². The first-order chi connectivity index (χ1) is 17.2. The summed E-state index contributed by atoms with van der Waals surface area (Å²) < 4.78 is 1.21. The summed E-state index contributed by atoms with van der Waals surface area (Å²) in [4.78, 5) is 29.0. The number of pyridine rings is 2. The molecule has 1 atom stereocenters. The fourth-order valence-electron chi connectivity index (χ4n) is 4.81. The van der Waals surface area contributed by atoms with Crippen molar-refractivity contribution in [1.29, 1.82) is 0 Å². The van der Waals surface area contributed by atoms with E-state index in [1.165, 1.54) is 22.5 Å². The molecule has 2 fully saturated rings. The van der Waals surface area contributed by atoms with Gasteiger partial charge in [0.2, 0.25) is 0 Å². The first kappa shape index (κ1) is 22.2. The van der Waals surface area contributed by atoms with E-state index in [0.29, 0.717) is 19.0 Å². The molecule has 1 unspecified atom stereocenters. The summed E-state index contributed by atoms with van der Waals surface area (Å²) in [6.45, 7) is 4.24. The number of fused-ring (bicyclic) bond motifs is 2. The second-order valence-electron chi connectivity index (χ2n) is 9.62. The zero-order chi connectivity index (χ0) is 23.8. The lowest BCUT2D eigenvalue weighted by Gasteiger charge is -2.32. The topological polar surface area (TPSA) is 83.0 Å². The lowest BCUT2D eigenvalue weighted by molar-refractivity contribution is 0.179. The molecule has 4 heterocycles. The predicted molar refractivity (Wildman–Crippen MR) is 142 cm³/mol. The van der Waals surface area contributed by atoms with E-state index < -0.39 is 0 Å². The van der Waals surface area contributed by atoms with Gasteiger partial charge in [-0.15, -0.1) is 11.3 Å². The van der Waals surface area contributed by atoms with E-state index >= 15 is 0 Å². The van der Waals surface area contributed by atoms with Gasteiger partial charge in [0.15, 0.2) is 0 Å². The fourth-order valence-corrected chi connectivity index (χ4v) is 5.98. The molecule has 1 aliphatic heterocycles. The Balaban J connectivity index is 1.29. The average molecular weight is 487 g/mol. The highest BCUT2D eigenvalue weighted by Crippen LogP contribution is 2.43. The van der Waals surface area contributed by atoms with E-state index in [9.17, 15) is 4.79 Å². The van der Waals surface area contributed by atoms with Crippen molar-refractivity contribution < 1.29 is 4.79 Å². The molecule has 1 saturated heterocycles. The summed E-state index contributed by atoms with van der Waals surface area (Å²) >= 11 is 1.80. The molecular weight excluding hydrogens is 456 g/mol. The minimum Gasteiger partial charge on any atom is -0.340 e. The monoisotopic (exact) mass is 486 g/mol. The van der Waals surface area contributed by atoms with Crippen LogP contribution in [-0.2, 0) is 0 Å². The first-order valence-electron chi connectivity index (χ1n) is 12.6. The van der Waals surface area contributed by atoms with Crippen molar-refractivity contribution in [2.45, 2.75) is 50.9 Å². The highest BCUT2D eigenvalue weighted by Gasteiger charge is 2.28. The van der Waals surface area contributed by atoms with Gasteiger partial charge in [0.25, 0.3) is 0 Å². The van der Waals surface area contributed by atoms with Gasteiger partial charge in [0, 0.05) is 54.4 Å². The van der Waals surface area contributed by atoms with Gasteiger partial charge < -0.3 is 15.5 Å². The van der Waals surface area contributed by atoms with Gasteiger partial charge in [-0.3, -0.25) is 4.98 Å². The second kappa shape index (κ2) is 9.41. The number of rotatable bonds is 6. The number of piperidine rings is 1. The van der Waals surface area contributed by atoms with Gasteiger partial charge in [-0.05, 0) is 68.5 Å². The van der Waals surface area contributed by atoms with E-state index in [1.807, 2.05) is 17.2 Å². The summed E-state index contributed by atoms with van der Waals surface area (Å²) in [6.07, 6.45) is 7.27. The summed E-state index contributed by atoms with van der Waals surface area (Å²) in [5.74, 6) is 1.66. The van der Waals surface area contributed by atoms with Crippen LogP contribution in [0.1, 0.15) is 61.6 Å². The van der Waals surface area contributed by atoms with Crippen LogP contribution in [0, 0.1) is 0 Å². The Labute approximate surface area is 209 Å². The molecule has 2 aliphatic rings. The molecule has 6 rings (SSSR count). The molecule has 180 valence electrons. The molecule has 2 amide bonds. The minimum atomic E-state index is 0.0252. The maximum Gasteiger partial charge on any atom is 0.317 e. The van der Waals surface area contributed by atoms with Crippen molar-refractivity contribution in [3.8, 4) is 0 Å². The summed E-state index contributed by atoms with van der Waals surface area (Å²) in [6, 6.07) is 12.5. The number of urea groups is 1. The molecule has 7 nitrogen and oxygen atoms in total. The molecule has 3 aromatic heterocycles. The molecule has 0 bridgehead atoms. The fraction of sp³-hybridized carbons (Fsp3) is 0.407. The van der Waals surface area contributed by atoms with Gasteiger partial charge in [-0.2, -0.15) is 0 Å². The minimum absolute atomic E-state index is 0.0252. The Bertz CT molecular complexity index is 1380. The van der Waals surface area contributed by atoms with Crippen molar-refractivity contribution in [1.82, 2.24) is 25.2 Å². The second-order valence-corrected chi connectivity index (χ2v) is 10.7. The van der Waals surface area contributed by atoms with Crippen LogP contribution in [0.15, 0.2) is 42.6 Å². The average Bonchev–Trinajstić information content (AvgIpc) is 3.66. The SMILES string of the molecule is CCCNC(=O)N1CCCC(c2cc3ncccc3c(Nc3ccc4nc(C5CC5)sc4c3)n2)C1. The summed E-state index contributed by atoms with van der Waals surface area (Å²) in [5, 5.41) is 8.84. The van der Waals surface area contributed by atoms with E-state index in [-0.39, 0.29) is 11.9 Å². The normalized spacial score (nSPS) is 18.2. The highest BCUT2D eigenvalue weighted by atomic mass is 32.1. The number of amides is 2. The number of aromatic nitrogens is 3. The lowest BCUT2D eigenvalue weighted by Crippen LogP contribution is -2.45. The van der Waals surface area contributed by atoms with E-state index in [4.69, 9.17) is 9.97 Å². The predicted octanol–water partition coefficient (Wildman–Crippen LogP) is 6.16.